The van der Waals surface area contributed by atoms with Crippen molar-refractivity contribution < 1.29 is 14.3 Å². The second-order valence-corrected chi connectivity index (χ2v) is 4.99. The van der Waals surface area contributed by atoms with Gasteiger partial charge in [0, 0.05) is 11.1 Å². The van der Waals surface area contributed by atoms with E-state index in [-0.39, 0.29) is 10.9 Å². The van der Waals surface area contributed by atoms with E-state index in [9.17, 15) is 4.79 Å². The third-order valence-corrected chi connectivity index (χ3v) is 3.38. The summed E-state index contributed by atoms with van der Waals surface area (Å²) in [5, 5.41) is 3.49. The molecule has 2 aromatic rings. The molecule has 21 heavy (non-hydrogen) atoms. The smallest absolute Gasteiger partial charge is 0.257 e. The molecule has 0 aliphatic heterocycles. The number of nitrogens with one attached hydrogen (secondary N) is 1. The fourth-order valence-electron chi connectivity index (χ4n) is 1.78. The number of halogens is 2. The lowest BCUT2D eigenvalue weighted by molar-refractivity contribution is 0.102. The van der Waals surface area contributed by atoms with Gasteiger partial charge < -0.3 is 14.8 Å². The summed E-state index contributed by atoms with van der Waals surface area (Å²) >= 11 is 11.8. The van der Waals surface area contributed by atoms with Gasteiger partial charge in [-0.15, -0.1) is 0 Å². The number of amides is 1. The summed E-state index contributed by atoms with van der Waals surface area (Å²) in [6, 6.07) is 9.79. The first-order chi connectivity index (χ1) is 10.0. The average molecular weight is 326 g/mol. The van der Waals surface area contributed by atoms with Crippen molar-refractivity contribution in [1.29, 1.82) is 0 Å². The van der Waals surface area contributed by atoms with Gasteiger partial charge in [-0.05, 0) is 30.3 Å². The average Bonchev–Trinajstić information content (AvgIpc) is 2.46. The number of benzene rings is 2. The number of methoxy groups -OCH3 is 2. The van der Waals surface area contributed by atoms with Gasteiger partial charge in [-0.2, -0.15) is 0 Å². The quantitative estimate of drug-likeness (QED) is 0.913. The highest BCUT2D eigenvalue weighted by atomic mass is 35.5. The lowest BCUT2D eigenvalue weighted by Gasteiger charge is -2.12. The Bertz CT molecular complexity index is 674. The molecule has 4 nitrogen and oxygen atoms in total. The third kappa shape index (κ3) is 3.60. The highest BCUT2D eigenvalue weighted by Crippen LogP contribution is 2.30. The van der Waals surface area contributed by atoms with Crippen molar-refractivity contribution in [3.63, 3.8) is 0 Å². The van der Waals surface area contributed by atoms with Gasteiger partial charge in [0.1, 0.15) is 11.5 Å². The maximum absolute atomic E-state index is 12.3. The maximum atomic E-state index is 12.3. The van der Waals surface area contributed by atoms with Crippen LogP contribution in [-0.2, 0) is 0 Å². The van der Waals surface area contributed by atoms with Gasteiger partial charge in [0.05, 0.1) is 30.5 Å². The van der Waals surface area contributed by atoms with Crippen molar-refractivity contribution in [2.45, 2.75) is 0 Å². The predicted molar refractivity (Wildman–Crippen MR) is 84.0 cm³/mol. The number of hydrogen-bond acceptors (Lipinski definition) is 3. The molecule has 2 rings (SSSR count). The maximum Gasteiger partial charge on any atom is 0.257 e. The van der Waals surface area contributed by atoms with Gasteiger partial charge in [0.2, 0.25) is 0 Å². The molecule has 0 aliphatic rings. The number of carbonyl (C=O) groups is 1. The fraction of sp³-hybridized carbons (Fsp3) is 0.133. The van der Waals surface area contributed by atoms with Crippen LogP contribution in [0.15, 0.2) is 36.4 Å². The number of ether oxygens (including phenoxy) is 2. The standard InChI is InChI=1S/C15H13Cl2NO3/c1-20-10-4-6-14(21-2)13(8-10)18-15(19)11-5-3-9(16)7-12(11)17/h3-8H,1-2H3,(H,18,19). The van der Waals surface area contributed by atoms with E-state index in [0.29, 0.717) is 27.8 Å². The number of hydrogen-bond donors (Lipinski definition) is 1. The van der Waals surface area contributed by atoms with E-state index in [1.54, 1.807) is 37.4 Å². The molecule has 0 unspecified atom stereocenters. The second kappa shape index (κ2) is 6.70. The molecule has 0 fully saturated rings. The SMILES string of the molecule is COc1ccc(OC)c(NC(=O)c2ccc(Cl)cc2Cl)c1. The van der Waals surface area contributed by atoms with E-state index in [1.165, 1.54) is 13.2 Å². The zero-order chi connectivity index (χ0) is 15.4. The summed E-state index contributed by atoms with van der Waals surface area (Å²) in [5.74, 6) is 0.769. The zero-order valence-electron chi connectivity index (χ0n) is 11.4. The predicted octanol–water partition coefficient (Wildman–Crippen LogP) is 4.26. The molecule has 0 saturated carbocycles. The van der Waals surface area contributed by atoms with E-state index >= 15 is 0 Å². The van der Waals surface area contributed by atoms with Crippen molar-refractivity contribution >= 4 is 34.8 Å². The summed E-state index contributed by atoms with van der Waals surface area (Å²) in [6.45, 7) is 0. The number of carbonyl (C=O) groups excluding carboxylic acids is 1. The third-order valence-electron chi connectivity index (χ3n) is 2.83. The Morgan fingerprint density at radius 3 is 2.43 bits per heavy atom. The lowest BCUT2D eigenvalue weighted by atomic mass is 10.2. The Kier molecular flexibility index (Phi) is 4.94. The summed E-state index contributed by atoms with van der Waals surface area (Å²) < 4.78 is 10.3. The topological polar surface area (TPSA) is 47.6 Å². The van der Waals surface area contributed by atoms with Crippen LogP contribution in [0, 0.1) is 0 Å². The van der Waals surface area contributed by atoms with Crippen molar-refractivity contribution in [3.8, 4) is 11.5 Å². The summed E-state index contributed by atoms with van der Waals surface area (Å²) in [5.41, 5.74) is 0.818. The van der Waals surface area contributed by atoms with Crippen LogP contribution in [0.3, 0.4) is 0 Å². The first-order valence-corrected chi connectivity index (χ1v) is 6.79. The second-order valence-electron chi connectivity index (χ2n) is 4.14. The van der Waals surface area contributed by atoms with Crippen LogP contribution >= 0.6 is 23.2 Å². The van der Waals surface area contributed by atoms with E-state index in [2.05, 4.69) is 5.32 Å². The van der Waals surface area contributed by atoms with E-state index in [0.717, 1.165) is 0 Å². The van der Waals surface area contributed by atoms with E-state index in [1.807, 2.05) is 0 Å². The van der Waals surface area contributed by atoms with Crippen molar-refractivity contribution in [2.24, 2.45) is 0 Å². The molecule has 0 spiro atoms. The highest BCUT2D eigenvalue weighted by Gasteiger charge is 2.14. The molecule has 0 atom stereocenters. The van der Waals surface area contributed by atoms with E-state index < -0.39 is 0 Å². The molecular formula is C15H13Cl2NO3. The van der Waals surface area contributed by atoms with Crippen LogP contribution in [0.25, 0.3) is 0 Å². The first-order valence-electron chi connectivity index (χ1n) is 6.03. The van der Waals surface area contributed by atoms with Crippen LogP contribution in [0.2, 0.25) is 10.0 Å². The van der Waals surface area contributed by atoms with Crippen LogP contribution in [0.5, 0.6) is 11.5 Å². The number of anilines is 1. The minimum Gasteiger partial charge on any atom is -0.497 e. The van der Waals surface area contributed by atoms with Crippen LogP contribution in [0.4, 0.5) is 5.69 Å². The molecule has 0 bridgehead atoms. The minimum atomic E-state index is -0.358. The Morgan fingerprint density at radius 2 is 1.81 bits per heavy atom. The van der Waals surface area contributed by atoms with Crippen LogP contribution < -0.4 is 14.8 Å². The molecule has 0 saturated heterocycles. The van der Waals surface area contributed by atoms with Gasteiger partial charge in [0.15, 0.2) is 0 Å². The molecule has 0 aliphatic carbocycles. The minimum absolute atomic E-state index is 0.280. The molecule has 0 heterocycles. The highest BCUT2D eigenvalue weighted by molar-refractivity contribution is 6.37. The Hall–Kier alpha value is -1.91. The molecule has 0 radical (unpaired) electrons. The molecule has 1 amide bonds. The zero-order valence-corrected chi connectivity index (χ0v) is 13.0. The van der Waals surface area contributed by atoms with Gasteiger partial charge in [-0.1, -0.05) is 23.2 Å². The van der Waals surface area contributed by atoms with Crippen molar-refractivity contribution in [2.75, 3.05) is 19.5 Å². The molecule has 1 N–H and O–H groups in total. The Balaban J connectivity index is 2.30. The van der Waals surface area contributed by atoms with Crippen LogP contribution in [0.1, 0.15) is 10.4 Å². The molecule has 2 aromatic carbocycles. The molecule has 110 valence electrons. The normalized spacial score (nSPS) is 10.1. The van der Waals surface area contributed by atoms with Gasteiger partial charge in [-0.3, -0.25) is 4.79 Å². The summed E-state index contributed by atoms with van der Waals surface area (Å²) in [4.78, 5) is 12.3. The lowest BCUT2D eigenvalue weighted by Crippen LogP contribution is -2.13. The summed E-state index contributed by atoms with van der Waals surface area (Å²) in [6.07, 6.45) is 0. The van der Waals surface area contributed by atoms with E-state index in [4.69, 9.17) is 32.7 Å². The summed E-state index contributed by atoms with van der Waals surface area (Å²) in [7, 11) is 3.07. The van der Waals surface area contributed by atoms with Crippen LogP contribution in [-0.4, -0.2) is 20.1 Å². The van der Waals surface area contributed by atoms with Gasteiger partial charge >= 0.3 is 0 Å². The first kappa shape index (κ1) is 15.5. The fourth-order valence-corrected chi connectivity index (χ4v) is 2.27. The van der Waals surface area contributed by atoms with Crippen molar-refractivity contribution in [1.82, 2.24) is 0 Å². The monoisotopic (exact) mass is 325 g/mol. The molecule has 6 heteroatoms. The molecular weight excluding hydrogens is 313 g/mol. The van der Waals surface area contributed by atoms with Gasteiger partial charge in [0.25, 0.3) is 5.91 Å². The van der Waals surface area contributed by atoms with Gasteiger partial charge in [-0.25, -0.2) is 0 Å². The largest absolute Gasteiger partial charge is 0.497 e. The van der Waals surface area contributed by atoms with Crippen molar-refractivity contribution in [3.05, 3.63) is 52.0 Å². The molecule has 0 aromatic heterocycles. The Morgan fingerprint density at radius 1 is 1.05 bits per heavy atom. The Labute approximate surface area is 132 Å². The number of rotatable bonds is 4.